The SMILES string of the molecule is OB(O)c1cc(F)nc(C2CCCC2)c1. The van der Waals surface area contributed by atoms with Crippen LogP contribution in [-0.4, -0.2) is 22.2 Å². The molecule has 3 nitrogen and oxygen atoms in total. The number of nitrogens with zero attached hydrogens (tertiary/aromatic N) is 1. The Morgan fingerprint density at radius 2 is 1.93 bits per heavy atom. The summed E-state index contributed by atoms with van der Waals surface area (Å²) in [6, 6.07) is 2.65. The van der Waals surface area contributed by atoms with E-state index in [1.54, 1.807) is 6.07 Å². The second-order valence-corrected chi connectivity index (χ2v) is 4.00. The van der Waals surface area contributed by atoms with Crippen molar-refractivity contribution in [1.29, 1.82) is 0 Å². The third-order valence-electron chi connectivity index (χ3n) is 2.91. The van der Waals surface area contributed by atoms with Gasteiger partial charge in [-0.05, 0) is 30.4 Å². The highest BCUT2D eigenvalue weighted by molar-refractivity contribution is 6.58. The first-order valence-electron chi connectivity index (χ1n) is 5.20. The Hall–Kier alpha value is -0.935. The van der Waals surface area contributed by atoms with Crippen LogP contribution < -0.4 is 5.46 Å². The summed E-state index contributed by atoms with van der Waals surface area (Å²) in [4.78, 5) is 3.81. The van der Waals surface area contributed by atoms with Crippen molar-refractivity contribution in [3.8, 4) is 0 Å². The second-order valence-electron chi connectivity index (χ2n) is 4.00. The Labute approximate surface area is 88.1 Å². The molecule has 1 aromatic heterocycles. The predicted octanol–water partition coefficient (Wildman–Crippen LogP) is 0.558. The highest BCUT2D eigenvalue weighted by Gasteiger charge is 2.21. The summed E-state index contributed by atoms with van der Waals surface area (Å²) in [6.07, 6.45) is 4.30. The maximum Gasteiger partial charge on any atom is 0.488 e. The van der Waals surface area contributed by atoms with E-state index in [1.165, 1.54) is 0 Å². The first-order chi connectivity index (χ1) is 7.16. The van der Waals surface area contributed by atoms with Gasteiger partial charge in [0.15, 0.2) is 0 Å². The summed E-state index contributed by atoms with van der Waals surface area (Å²) in [7, 11) is -1.62. The molecule has 0 amide bonds. The van der Waals surface area contributed by atoms with Gasteiger partial charge in [-0.25, -0.2) is 4.98 Å². The first kappa shape index (κ1) is 10.6. The van der Waals surface area contributed by atoms with Crippen LogP contribution >= 0.6 is 0 Å². The van der Waals surface area contributed by atoms with Crippen LogP contribution in [0.25, 0.3) is 0 Å². The van der Waals surface area contributed by atoms with E-state index >= 15 is 0 Å². The lowest BCUT2D eigenvalue weighted by Crippen LogP contribution is -2.31. The third kappa shape index (κ3) is 2.35. The van der Waals surface area contributed by atoms with Gasteiger partial charge in [0.25, 0.3) is 0 Å². The van der Waals surface area contributed by atoms with Crippen LogP contribution in [-0.2, 0) is 0 Å². The lowest BCUT2D eigenvalue weighted by Gasteiger charge is -2.10. The van der Waals surface area contributed by atoms with Crippen LogP contribution in [0.15, 0.2) is 12.1 Å². The lowest BCUT2D eigenvalue weighted by molar-refractivity contribution is 0.425. The standard InChI is InChI=1S/C10H13BFNO2/c12-10-6-8(11(14)15)5-9(13-10)7-3-1-2-4-7/h5-7,14-15H,1-4H2. The van der Waals surface area contributed by atoms with Crippen LogP contribution in [0.1, 0.15) is 37.3 Å². The predicted molar refractivity (Wildman–Crippen MR) is 55.2 cm³/mol. The molecule has 1 aromatic rings. The van der Waals surface area contributed by atoms with E-state index in [0.717, 1.165) is 31.7 Å². The molecule has 1 aliphatic rings. The molecule has 2 rings (SSSR count). The van der Waals surface area contributed by atoms with Crippen molar-refractivity contribution in [3.05, 3.63) is 23.8 Å². The van der Waals surface area contributed by atoms with Gasteiger partial charge in [-0.15, -0.1) is 0 Å². The van der Waals surface area contributed by atoms with Gasteiger partial charge in [0, 0.05) is 11.6 Å². The van der Waals surface area contributed by atoms with Crippen molar-refractivity contribution in [2.75, 3.05) is 0 Å². The maximum absolute atomic E-state index is 13.1. The molecule has 0 unspecified atom stereocenters. The molecule has 0 radical (unpaired) electrons. The normalized spacial score (nSPS) is 17.0. The molecule has 1 saturated carbocycles. The highest BCUT2D eigenvalue weighted by atomic mass is 19.1. The molecular formula is C10H13BFNO2. The van der Waals surface area contributed by atoms with Gasteiger partial charge < -0.3 is 10.0 Å². The summed E-state index contributed by atoms with van der Waals surface area (Å²) in [5.41, 5.74) is 0.833. The number of hydrogen-bond acceptors (Lipinski definition) is 3. The minimum Gasteiger partial charge on any atom is -0.423 e. The Bertz CT molecular complexity index is 353. The van der Waals surface area contributed by atoms with Gasteiger partial charge in [-0.2, -0.15) is 4.39 Å². The molecule has 5 heteroatoms. The molecule has 0 spiro atoms. The first-order valence-corrected chi connectivity index (χ1v) is 5.20. The van der Waals surface area contributed by atoms with E-state index in [2.05, 4.69) is 4.98 Å². The van der Waals surface area contributed by atoms with E-state index in [0.29, 0.717) is 5.69 Å². The molecule has 1 aliphatic carbocycles. The topological polar surface area (TPSA) is 53.4 Å². The summed E-state index contributed by atoms with van der Waals surface area (Å²) < 4.78 is 13.1. The number of pyridine rings is 1. The van der Waals surface area contributed by atoms with E-state index < -0.39 is 13.1 Å². The van der Waals surface area contributed by atoms with E-state index in [1.807, 2.05) is 0 Å². The highest BCUT2D eigenvalue weighted by Crippen LogP contribution is 2.32. The number of halogens is 1. The van der Waals surface area contributed by atoms with Crippen molar-refractivity contribution in [2.24, 2.45) is 0 Å². The van der Waals surface area contributed by atoms with E-state index in [9.17, 15) is 4.39 Å². The molecule has 0 atom stereocenters. The van der Waals surface area contributed by atoms with Crippen LogP contribution in [0, 0.1) is 5.95 Å². The van der Waals surface area contributed by atoms with Crippen molar-refractivity contribution < 1.29 is 14.4 Å². The van der Waals surface area contributed by atoms with Crippen LogP contribution in [0.4, 0.5) is 4.39 Å². The molecular weight excluding hydrogens is 196 g/mol. The number of aromatic nitrogens is 1. The Kier molecular flexibility index (Phi) is 3.02. The summed E-state index contributed by atoms with van der Waals surface area (Å²) in [6.45, 7) is 0. The zero-order chi connectivity index (χ0) is 10.8. The number of hydrogen-bond donors (Lipinski definition) is 2. The minimum absolute atomic E-state index is 0.185. The van der Waals surface area contributed by atoms with Crippen LogP contribution in [0.3, 0.4) is 0 Å². The van der Waals surface area contributed by atoms with Gasteiger partial charge in [0.2, 0.25) is 5.95 Å². The minimum atomic E-state index is -1.62. The number of rotatable bonds is 2. The molecule has 0 aromatic carbocycles. The zero-order valence-electron chi connectivity index (χ0n) is 8.36. The van der Waals surface area contributed by atoms with Gasteiger partial charge in [0.1, 0.15) is 0 Å². The van der Waals surface area contributed by atoms with Gasteiger partial charge in [0.05, 0.1) is 0 Å². The summed E-state index contributed by atoms with van der Waals surface area (Å²) in [5, 5.41) is 18.0. The Morgan fingerprint density at radius 3 is 2.53 bits per heavy atom. The van der Waals surface area contributed by atoms with E-state index in [-0.39, 0.29) is 11.4 Å². The Morgan fingerprint density at radius 1 is 1.27 bits per heavy atom. The average Bonchev–Trinajstić information content (AvgIpc) is 2.69. The van der Waals surface area contributed by atoms with Crippen molar-refractivity contribution in [1.82, 2.24) is 4.98 Å². The van der Waals surface area contributed by atoms with Crippen LogP contribution in [0.5, 0.6) is 0 Å². The van der Waals surface area contributed by atoms with Gasteiger partial charge >= 0.3 is 7.12 Å². The van der Waals surface area contributed by atoms with Crippen molar-refractivity contribution in [2.45, 2.75) is 31.6 Å². The van der Waals surface area contributed by atoms with Gasteiger partial charge in [-0.1, -0.05) is 12.8 Å². The molecule has 0 aliphatic heterocycles. The van der Waals surface area contributed by atoms with E-state index in [4.69, 9.17) is 10.0 Å². The Balaban J connectivity index is 2.30. The van der Waals surface area contributed by atoms with Crippen molar-refractivity contribution in [3.63, 3.8) is 0 Å². The molecule has 0 saturated heterocycles. The largest absolute Gasteiger partial charge is 0.488 e. The fourth-order valence-electron chi connectivity index (χ4n) is 2.12. The molecule has 2 N–H and O–H groups in total. The summed E-state index contributed by atoms with van der Waals surface area (Å²) in [5.74, 6) is -0.360. The molecule has 1 fully saturated rings. The maximum atomic E-state index is 13.1. The lowest BCUT2D eigenvalue weighted by atomic mass is 9.80. The average molecular weight is 209 g/mol. The third-order valence-corrected chi connectivity index (χ3v) is 2.91. The second kappa shape index (κ2) is 4.29. The zero-order valence-corrected chi connectivity index (χ0v) is 8.36. The molecule has 1 heterocycles. The fourth-order valence-corrected chi connectivity index (χ4v) is 2.12. The van der Waals surface area contributed by atoms with Crippen molar-refractivity contribution >= 4 is 12.6 Å². The monoisotopic (exact) mass is 209 g/mol. The molecule has 0 bridgehead atoms. The molecule has 80 valence electrons. The fraction of sp³-hybridized carbons (Fsp3) is 0.500. The quantitative estimate of drug-likeness (QED) is 0.552. The molecule has 15 heavy (non-hydrogen) atoms. The summed E-state index contributed by atoms with van der Waals surface area (Å²) >= 11 is 0. The van der Waals surface area contributed by atoms with Gasteiger partial charge in [-0.3, -0.25) is 0 Å². The smallest absolute Gasteiger partial charge is 0.423 e. The van der Waals surface area contributed by atoms with Crippen LogP contribution in [0.2, 0.25) is 0 Å².